The summed E-state index contributed by atoms with van der Waals surface area (Å²) in [6.45, 7) is 1.73. The van der Waals surface area contributed by atoms with Gasteiger partial charge in [-0.15, -0.1) is 0 Å². The zero-order chi connectivity index (χ0) is 17.1. The highest BCUT2D eigenvalue weighted by molar-refractivity contribution is 5.95. The molecular formula is C18H25N3O3. The second kappa shape index (κ2) is 7.21. The second-order valence-electron chi connectivity index (χ2n) is 6.68. The minimum atomic E-state index is -0.532. The molecule has 2 N–H and O–H groups in total. The van der Waals surface area contributed by atoms with Gasteiger partial charge in [-0.25, -0.2) is 0 Å². The first-order valence-electron chi connectivity index (χ1n) is 8.58. The van der Waals surface area contributed by atoms with E-state index in [-0.39, 0.29) is 12.5 Å². The molecule has 0 aromatic heterocycles. The van der Waals surface area contributed by atoms with Crippen LogP contribution in [0.15, 0.2) is 24.3 Å². The fraction of sp³-hybridized carbons (Fsp3) is 0.556. The number of rotatable bonds is 5. The predicted octanol–water partition coefficient (Wildman–Crippen LogP) is 1.25. The van der Waals surface area contributed by atoms with Gasteiger partial charge in [-0.1, -0.05) is 6.07 Å². The minimum Gasteiger partial charge on any atom is -0.484 e. The van der Waals surface area contributed by atoms with Gasteiger partial charge in [0.1, 0.15) is 5.75 Å². The van der Waals surface area contributed by atoms with Gasteiger partial charge in [-0.2, -0.15) is 0 Å². The number of ether oxygens (including phenoxy) is 1. The average Bonchev–Trinajstić information content (AvgIpc) is 3.20. The average molecular weight is 331 g/mol. The van der Waals surface area contributed by atoms with Gasteiger partial charge >= 0.3 is 0 Å². The van der Waals surface area contributed by atoms with Crippen molar-refractivity contribution >= 4 is 11.8 Å². The van der Waals surface area contributed by atoms with Gasteiger partial charge in [0.15, 0.2) is 6.61 Å². The van der Waals surface area contributed by atoms with E-state index < -0.39 is 5.91 Å². The van der Waals surface area contributed by atoms with Crippen molar-refractivity contribution in [2.75, 3.05) is 26.7 Å². The van der Waals surface area contributed by atoms with Gasteiger partial charge < -0.3 is 20.3 Å². The fourth-order valence-corrected chi connectivity index (χ4v) is 3.91. The van der Waals surface area contributed by atoms with E-state index in [1.165, 1.54) is 6.42 Å². The standard InChI is InChI=1S/C18H25N3O3/c1-20-9-3-7-15(20)16-8-4-10-21(16)18(23)13-5-2-6-14(11-13)24-12-17(19)22/h2,5-6,11,15-16H,3-4,7-10,12H2,1H3,(H2,19,22)/t15-,16+/m0/s1. The summed E-state index contributed by atoms with van der Waals surface area (Å²) < 4.78 is 5.31. The maximum absolute atomic E-state index is 13.0. The van der Waals surface area contributed by atoms with Crippen LogP contribution in [-0.2, 0) is 4.79 Å². The second-order valence-corrected chi connectivity index (χ2v) is 6.68. The van der Waals surface area contributed by atoms with Crippen molar-refractivity contribution in [1.29, 1.82) is 0 Å². The molecule has 1 aromatic rings. The topological polar surface area (TPSA) is 75.9 Å². The molecule has 0 unspecified atom stereocenters. The van der Waals surface area contributed by atoms with Gasteiger partial charge in [-0.3, -0.25) is 9.59 Å². The number of likely N-dealkylation sites (tertiary alicyclic amines) is 2. The molecule has 2 fully saturated rings. The molecule has 0 aliphatic carbocycles. The van der Waals surface area contributed by atoms with Crippen molar-refractivity contribution in [3.63, 3.8) is 0 Å². The Bertz CT molecular complexity index is 619. The number of nitrogens with zero attached hydrogens (tertiary/aromatic N) is 2. The van der Waals surface area contributed by atoms with Crippen molar-refractivity contribution < 1.29 is 14.3 Å². The van der Waals surface area contributed by atoms with E-state index in [2.05, 4.69) is 11.9 Å². The molecule has 1 aromatic carbocycles. The molecule has 0 saturated carbocycles. The normalized spacial score (nSPS) is 24.3. The van der Waals surface area contributed by atoms with Crippen LogP contribution in [0.1, 0.15) is 36.0 Å². The SMILES string of the molecule is CN1CCC[C@H]1[C@H]1CCCN1C(=O)c1cccc(OCC(N)=O)c1. The molecule has 24 heavy (non-hydrogen) atoms. The van der Waals surface area contributed by atoms with E-state index in [4.69, 9.17) is 10.5 Å². The molecule has 6 heteroatoms. The Morgan fingerprint density at radius 3 is 2.67 bits per heavy atom. The van der Waals surface area contributed by atoms with Gasteiger partial charge in [0.25, 0.3) is 11.8 Å². The molecule has 2 saturated heterocycles. The molecular weight excluding hydrogens is 306 g/mol. The van der Waals surface area contributed by atoms with Crippen LogP contribution in [0.3, 0.4) is 0 Å². The number of amides is 2. The van der Waals surface area contributed by atoms with Crippen molar-refractivity contribution in [3.8, 4) is 5.75 Å². The van der Waals surface area contributed by atoms with Crippen LogP contribution < -0.4 is 10.5 Å². The lowest BCUT2D eigenvalue weighted by Gasteiger charge is -2.33. The first-order chi connectivity index (χ1) is 11.6. The number of benzene rings is 1. The third kappa shape index (κ3) is 3.53. The lowest BCUT2D eigenvalue weighted by atomic mass is 10.0. The Labute approximate surface area is 142 Å². The van der Waals surface area contributed by atoms with Gasteiger partial charge in [-0.05, 0) is 57.5 Å². The summed E-state index contributed by atoms with van der Waals surface area (Å²) in [6, 6.07) is 7.75. The van der Waals surface area contributed by atoms with Crippen molar-refractivity contribution in [1.82, 2.24) is 9.80 Å². The van der Waals surface area contributed by atoms with E-state index >= 15 is 0 Å². The van der Waals surface area contributed by atoms with Crippen LogP contribution in [0, 0.1) is 0 Å². The number of hydrogen-bond donors (Lipinski definition) is 1. The highest BCUT2D eigenvalue weighted by Crippen LogP contribution is 2.30. The van der Waals surface area contributed by atoms with E-state index in [1.54, 1.807) is 24.3 Å². The van der Waals surface area contributed by atoms with Crippen molar-refractivity contribution in [2.24, 2.45) is 5.73 Å². The number of hydrogen-bond acceptors (Lipinski definition) is 4. The highest BCUT2D eigenvalue weighted by Gasteiger charge is 2.38. The Kier molecular flexibility index (Phi) is 5.04. The molecule has 6 nitrogen and oxygen atoms in total. The van der Waals surface area contributed by atoms with Crippen molar-refractivity contribution in [2.45, 2.75) is 37.8 Å². The van der Waals surface area contributed by atoms with E-state index in [1.807, 2.05) is 4.90 Å². The lowest BCUT2D eigenvalue weighted by molar-refractivity contribution is -0.119. The largest absolute Gasteiger partial charge is 0.484 e. The van der Waals surface area contributed by atoms with Gasteiger partial charge in [0.2, 0.25) is 0 Å². The zero-order valence-electron chi connectivity index (χ0n) is 14.1. The van der Waals surface area contributed by atoms with Crippen LogP contribution in [0.5, 0.6) is 5.75 Å². The molecule has 2 heterocycles. The van der Waals surface area contributed by atoms with E-state index in [9.17, 15) is 9.59 Å². The number of nitrogens with two attached hydrogens (primary N) is 1. The monoisotopic (exact) mass is 331 g/mol. The Hall–Kier alpha value is -2.08. The smallest absolute Gasteiger partial charge is 0.255 e. The van der Waals surface area contributed by atoms with Crippen LogP contribution in [0.2, 0.25) is 0 Å². The lowest BCUT2D eigenvalue weighted by Crippen LogP contribution is -2.47. The van der Waals surface area contributed by atoms with Crippen LogP contribution in [-0.4, -0.2) is 60.4 Å². The van der Waals surface area contributed by atoms with Crippen LogP contribution >= 0.6 is 0 Å². The summed E-state index contributed by atoms with van der Waals surface area (Å²) in [5.74, 6) is 0.00585. The van der Waals surface area contributed by atoms with Crippen LogP contribution in [0.4, 0.5) is 0 Å². The molecule has 2 amide bonds. The first-order valence-corrected chi connectivity index (χ1v) is 8.58. The number of primary amides is 1. The number of carbonyl (C=O) groups excluding carboxylic acids is 2. The fourth-order valence-electron chi connectivity index (χ4n) is 3.91. The van der Waals surface area contributed by atoms with Crippen molar-refractivity contribution in [3.05, 3.63) is 29.8 Å². The third-order valence-corrected chi connectivity index (χ3v) is 5.04. The summed E-state index contributed by atoms with van der Waals surface area (Å²) >= 11 is 0. The molecule has 0 bridgehead atoms. The Morgan fingerprint density at radius 2 is 1.96 bits per heavy atom. The van der Waals surface area contributed by atoms with E-state index in [0.29, 0.717) is 23.4 Å². The minimum absolute atomic E-state index is 0.0438. The summed E-state index contributed by atoms with van der Waals surface area (Å²) in [7, 11) is 2.15. The number of likely N-dealkylation sites (N-methyl/N-ethyl adjacent to an activating group) is 1. The summed E-state index contributed by atoms with van der Waals surface area (Å²) in [5, 5.41) is 0. The molecule has 2 aliphatic rings. The molecule has 130 valence electrons. The quantitative estimate of drug-likeness (QED) is 0.881. The van der Waals surface area contributed by atoms with Gasteiger partial charge in [0, 0.05) is 24.2 Å². The van der Waals surface area contributed by atoms with Gasteiger partial charge in [0.05, 0.1) is 0 Å². The maximum atomic E-state index is 13.0. The Balaban J connectivity index is 1.73. The summed E-state index contributed by atoms with van der Waals surface area (Å²) in [5.41, 5.74) is 5.70. The molecule has 0 spiro atoms. The predicted molar refractivity (Wildman–Crippen MR) is 90.8 cm³/mol. The third-order valence-electron chi connectivity index (χ3n) is 5.04. The molecule has 3 rings (SSSR count). The summed E-state index contributed by atoms with van der Waals surface area (Å²) in [4.78, 5) is 28.2. The molecule has 2 atom stereocenters. The maximum Gasteiger partial charge on any atom is 0.255 e. The molecule has 0 radical (unpaired) electrons. The highest BCUT2D eigenvalue weighted by atomic mass is 16.5. The number of carbonyl (C=O) groups is 2. The molecule has 2 aliphatic heterocycles. The summed E-state index contributed by atoms with van der Waals surface area (Å²) in [6.07, 6.45) is 4.49. The van der Waals surface area contributed by atoms with E-state index in [0.717, 1.165) is 32.4 Å². The first kappa shape index (κ1) is 16.8. The zero-order valence-corrected chi connectivity index (χ0v) is 14.1. The van der Waals surface area contributed by atoms with Crippen LogP contribution in [0.25, 0.3) is 0 Å². The Morgan fingerprint density at radius 1 is 1.21 bits per heavy atom.